The summed E-state index contributed by atoms with van der Waals surface area (Å²) in [5.74, 6) is -5.71. The van der Waals surface area contributed by atoms with E-state index in [0.717, 1.165) is 16.7 Å². The maximum Gasteiger partial charge on any atom is 0.185 e. The Balaban J connectivity index is 2.35. The number of anilines is 1. The fraction of sp³-hybridized carbons (Fsp3) is 0.250. The summed E-state index contributed by atoms with van der Waals surface area (Å²) in [5, 5.41) is 2.49. The van der Waals surface area contributed by atoms with E-state index in [2.05, 4.69) is 5.32 Å². The number of nitrogens with one attached hydrogen (secondary N) is 1. The van der Waals surface area contributed by atoms with E-state index >= 15 is 0 Å². The van der Waals surface area contributed by atoms with Crippen LogP contribution in [-0.2, 0) is 0 Å². The Bertz CT molecular complexity index is 656. The zero-order valence-corrected chi connectivity index (χ0v) is 11.9. The molecule has 1 unspecified atom stereocenters. The van der Waals surface area contributed by atoms with Gasteiger partial charge in [-0.1, -0.05) is 18.2 Å². The van der Waals surface area contributed by atoms with Crippen molar-refractivity contribution in [3.8, 4) is 0 Å². The molecule has 2 rings (SSSR count). The zero-order valence-electron chi connectivity index (χ0n) is 11.9. The van der Waals surface area contributed by atoms with E-state index in [4.69, 9.17) is 0 Å². The quantitative estimate of drug-likeness (QED) is 0.618. The van der Waals surface area contributed by atoms with Crippen LogP contribution in [0.1, 0.15) is 29.7 Å². The number of hydrogen-bond donors (Lipinski definition) is 1. The van der Waals surface area contributed by atoms with Gasteiger partial charge < -0.3 is 5.32 Å². The molecule has 0 aliphatic heterocycles. The Hall–Kier alpha value is -2.04. The van der Waals surface area contributed by atoms with Gasteiger partial charge >= 0.3 is 0 Å². The molecule has 0 bridgehead atoms. The lowest BCUT2D eigenvalue weighted by Gasteiger charge is -2.18. The number of halogens is 4. The third kappa shape index (κ3) is 3.01. The van der Waals surface area contributed by atoms with Crippen LogP contribution in [0.4, 0.5) is 23.2 Å². The highest BCUT2D eigenvalue weighted by Crippen LogP contribution is 2.28. The van der Waals surface area contributed by atoms with E-state index in [0.29, 0.717) is 0 Å². The summed E-state index contributed by atoms with van der Waals surface area (Å²) in [6.45, 7) is 5.51. The van der Waals surface area contributed by atoms with E-state index in [1.807, 2.05) is 26.0 Å². The van der Waals surface area contributed by atoms with Gasteiger partial charge in [-0.15, -0.1) is 0 Å². The Morgan fingerprint density at radius 2 is 1.43 bits per heavy atom. The van der Waals surface area contributed by atoms with Gasteiger partial charge in [0.05, 0.1) is 0 Å². The van der Waals surface area contributed by atoms with Crippen LogP contribution in [0, 0.1) is 37.1 Å². The standard InChI is InChI=1S/C16H15F4N/c1-8-4-5-11(6-9(8)2)10(3)21-16-14(19)12(17)7-13(18)15(16)20/h4-7,10,21H,1-3H3. The molecular weight excluding hydrogens is 282 g/mol. The fourth-order valence-electron chi connectivity index (χ4n) is 2.03. The van der Waals surface area contributed by atoms with Crippen LogP contribution in [-0.4, -0.2) is 0 Å². The first-order chi connectivity index (χ1) is 9.81. The van der Waals surface area contributed by atoms with E-state index in [1.54, 1.807) is 13.0 Å². The van der Waals surface area contributed by atoms with Crippen molar-refractivity contribution in [1.29, 1.82) is 0 Å². The zero-order chi connectivity index (χ0) is 15.7. The van der Waals surface area contributed by atoms with Crippen LogP contribution in [0.15, 0.2) is 24.3 Å². The highest BCUT2D eigenvalue weighted by Gasteiger charge is 2.20. The van der Waals surface area contributed by atoms with Crippen molar-refractivity contribution in [2.75, 3.05) is 5.32 Å². The van der Waals surface area contributed by atoms with Crippen molar-refractivity contribution in [3.63, 3.8) is 0 Å². The molecule has 0 aliphatic rings. The lowest BCUT2D eigenvalue weighted by atomic mass is 10.0. The summed E-state index contributed by atoms with van der Waals surface area (Å²) in [6.07, 6.45) is 0. The molecule has 2 aromatic carbocycles. The Labute approximate surface area is 120 Å². The fourth-order valence-corrected chi connectivity index (χ4v) is 2.03. The van der Waals surface area contributed by atoms with E-state index < -0.39 is 35.0 Å². The van der Waals surface area contributed by atoms with Crippen molar-refractivity contribution < 1.29 is 17.6 Å². The molecule has 0 heterocycles. The molecule has 0 aliphatic carbocycles. The van der Waals surface area contributed by atoms with Crippen LogP contribution >= 0.6 is 0 Å². The monoisotopic (exact) mass is 297 g/mol. The van der Waals surface area contributed by atoms with Crippen molar-refractivity contribution in [2.24, 2.45) is 0 Å². The van der Waals surface area contributed by atoms with Crippen LogP contribution in [0.2, 0.25) is 0 Å². The van der Waals surface area contributed by atoms with Gasteiger partial charge in [-0.2, -0.15) is 0 Å². The minimum absolute atomic E-state index is 0.191. The van der Waals surface area contributed by atoms with Crippen molar-refractivity contribution in [3.05, 3.63) is 64.2 Å². The molecule has 0 radical (unpaired) electrons. The minimum Gasteiger partial charge on any atom is -0.374 e. The second-order valence-electron chi connectivity index (χ2n) is 5.05. The van der Waals surface area contributed by atoms with Crippen LogP contribution in [0.3, 0.4) is 0 Å². The summed E-state index contributed by atoms with van der Waals surface area (Å²) in [7, 11) is 0. The predicted octanol–water partition coefficient (Wildman–Crippen LogP) is 5.03. The Kier molecular flexibility index (Phi) is 4.21. The third-order valence-electron chi connectivity index (χ3n) is 3.50. The van der Waals surface area contributed by atoms with Crippen LogP contribution in [0.25, 0.3) is 0 Å². The van der Waals surface area contributed by atoms with Crippen molar-refractivity contribution >= 4 is 5.69 Å². The second kappa shape index (κ2) is 5.76. The highest BCUT2D eigenvalue weighted by molar-refractivity contribution is 5.49. The lowest BCUT2D eigenvalue weighted by molar-refractivity contribution is 0.457. The maximum absolute atomic E-state index is 13.6. The Morgan fingerprint density at radius 3 is 1.95 bits per heavy atom. The first-order valence-corrected chi connectivity index (χ1v) is 6.48. The van der Waals surface area contributed by atoms with Gasteiger partial charge in [0.2, 0.25) is 0 Å². The molecule has 21 heavy (non-hydrogen) atoms. The average Bonchev–Trinajstić information content (AvgIpc) is 2.44. The largest absolute Gasteiger partial charge is 0.374 e. The number of hydrogen-bond acceptors (Lipinski definition) is 1. The summed E-state index contributed by atoms with van der Waals surface area (Å²) < 4.78 is 53.6. The summed E-state index contributed by atoms with van der Waals surface area (Å²) >= 11 is 0. The molecule has 0 aromatic heterocycles. The molecule has 2 aromatic rings. The van der Waals surface area contributed by atoms with Gasteiger partial charge in [0.1, 0.15) is 5.69 Å². The molecule has 1 nitrogen and oxygen atoms in total. The molecule has 0 saturated carbocycles. The van der Waals surface area contributed by atoms with E-state index in [9.17, 15) is 17.6 Å². The van der Waals surface area contributed by atoms with Gasteiger partial charge in [-0.05, 0) is 37.5 Å². The lowest BCUT2D eigenvalue weighted by Crippen LogP contribution is -2.12. The van der Waals surface area contributed by atoms with Crippen molar-refractivity contribution in [1.82, 2.24) is 0 Å². The molecule has 0 fully saturated rings. The topological polar surface area (TPSA) is 12.0 Å². The van der Waals surface area contributed by atoms with Gasteiger partial charge in [-0.25, -0.2) is 17.6 Å². The number of rotatable bonds is 3. The van der Waals surface area contributed by atoms with Gasteiger partial charge in [-0.3, -0.25) is 0 Å². The molecule has 0 saturated heterocycles. The smallest absolute Gasteiger partial charge is 0.185 e. The van der Waals surface area contributed by atoms with E-state index in [-0.39, 0.29) is 6.07 Å². The first-order valence-electron chi connectivity index (χ1n) is 6.48. The number of aryl methyl sites for hydroxylation is 2. The predicted molar refractivity (Wildman–Crippen MR) is 74.2 cm³/mol. The molecule has 1 atom stereocenters. The maximum atomic E-state index is 13.6. The van der Waals surface area contributed by atoms with Gasteiger partial charge in [0.15, 0.2) is 23.3 Å². The van der Waals surface area contributed by atoms with Crippen molar-refractivity contribution in [2.45, 2.75) is 26.8 Å². The minimum atomic E-state index is -1.43. The molecule has 112 valence electrons. The summed E-state index contributed by atoms with van der Waals surface area (Å²) in [6, 6.07) is 5.22. The first kappa shape index (κ1) is 15.4. The van der Waals surface area contributed by atoms with E-state index in [1.165, 1.54) is 0 Å². The highest BCUT2D eigenvalue weighted by atomic mass is 19.2. The molecule has 0 amide bonds. The molecule has 0 spiro atoms. The molecule has 5 heteroatoms. The third-order valence-corrected chi connectivity index (χ3v) is 3.50. The second-order valence-corrected chi connectivity index (χ2v) is 5.05. The summed E-state index contributed by atoms with van der Waals surface area (Å²) in [5.41, 5.74) is 2.08. The normalized spacial score (nSPS) is 12.3. The van der Waals surface area contributed by atoms with Crippen LogP contribution < -0.4 is 5.32 Å². The SMILES string of the molecule is Cc1ccc(C(C)Nc2c(F)c(F)cc(F)c2F)cc1C. The van der Waals surface area contributed by atoms with Crippen LogP contribution in [0.5, 0.6) is 0 Å². The average molecular weight is 297 g/mol. The summed E-state index contributed by atoms with van der Waals surface area (Å²) in [4.78, 5) is 0. The Morgan fingerprint density at radius 1 is 0.857 bits per heavy atom. The van der Waals surface area contributed by atoms with Gasteiger partial charge in [0, 0.05) is 12.1 Å². The van der Waals surface area contributed by atoms with Gasteiger partial charge in [0.25, 0.3) is 0 Å². The number of benzene rings is 2. The molecule has 1 N–H and O–H groups in total. The molecular formula is C16H15F4N.